The summed E-state index contributed by atoms with van der Waals surface area (Å²) in [5.41, 5.74) is 0. The van der Waals surface area contributed by atoms with Crippen molar-refractivity contribution >= 4 is 5.91 Å². The molecule has 0 bridgehead atoms. The van der Waals surface area contributed by atoms with Crippen LogP contribution in [0.1, 0.15) is 32.1 Å². The Labute approximate surface area is 129 Å². The van der Waals surface area contributed by atoms with E-state index in [0.717, 1.165) is 32.4 Å². The number of likely N-dealkylation sites (N-methyl/N-ethyl adjacent to an activating group) is 1. The molecule has 2 N–H and O–H groups in total. The summed E-state index contributed by atoms with van der Waals surface area (Å²) in [6.45, 7) is 1.32. The number of hydrogen-bond acceptors (Lipinski definition) is 4. The fraction of sp³-hybridized carbons (Fsp3) is 0.929. The van der Waals surface area contributed by atoms with Crippen LogP contribution < -0.4 is 10.6 Å². The predicted molar refractivity (Wildman–Crippen MR) is 77.4 cm³/mol. The largest absolute Gasteiger partial charge is 0.522 e. The number of amides is 1. The first-order chi connectivity index (χ1) is 10.3. The van der Waals surface area contributed by atoms with Crippen molar-refractivity contribution < 1.29 is 22.7 Å². The average molecular weight is 325 g/mol. The van der Waals surface area contributed by atoms with Crippen molar-refractivity contribution in [1.29, 1.82) is 0 Å². The van der Waals surface area contributed by atoms with Crippen molar-refractivity contribution in [3.05, 3.63) is 0 Å². The highest BCUT2D eigenvalue weighted by Gasteiger charge is 2.29. The fourth-order valence-corrected chi connectivity index (χ4v) is 2.59. The molecular weight excluding hydrogens is 299 g/mol. The van der Waals surface area contributed by atoms with E-state index in [9.17, 15) is 18.0 Å². The molecule has 1 aliphatic rings. The molecule has 0 saturated carbocycles. The van der Waals surface area contributed by atoms with Gasteiger partial charge in [-0.05, 0) is 52.2 Å². The maximum Gasteiger partial charge on any atom is 0.522 e. The van der Waals surface area contributed by atoms with Gasteiger partial charge in [-0.3, -0.25) is 9.53 Å². The van der Waals surface area contributed by atoms with E-state index < -0.39 is 6.36 Å². The molecule has 1 amide bonds. The van der Waals surface area contributed by atoms with Crippen molar-refractivity contribution in [3.8, 4) is 0 Å². The minimum Gasteiger partial charge on any atom is -0.358 e. The molecule has 2 atom stereocenters. The maximum absolute atomic E-state index is 11.8. The summed E-state index contributed by atoms with van der Waals surface area (Å²) in [6.07, 6.45) is -0.700. The Morgan fingerprint density at radius 3 is 2.68 bits per heavy atom. The molecule has 22 heavy (non-hydrogen) atoms. The van der Waals surface area contributed by atoms with Gasteiger partial charge in [0.05, 0.1) is 12.6 Å². The number of rotatable bonds is 9. The Balaban J connectivity index is 2.04. The number of alkyl halides is 3. The van der Waals surface area contributed by atoms with Gasteiger partial charge in [-0.2, -0.15) is 0 Å². The highest BCUT2D eigenvalue weighted by molar-refractivity contribution is 5.81. The molecule has 1 rings (SSSR count). The molecule has 0 aromatic rings. The topological polar surface area (TPSA) is 53.6 Å². The van der Waals surface area contributed by atoms with Gasteiger partial charge in [-0.15, -0.1) is 13.2 Å². The number of unbranched alkanes of at least 4 members (excludes halogenated alkanes) is 1. The lowest BCUT2D eigenvalue weighted by molar-refractivity contribution is -0.324. The smallest absolute Gasteiger partial charge is 0.358 e. The monoisotopic (exact) mass is 325 g/mol. The molecular formula is C14H26F3N3O2. The van der Waals surface area contributed by atoms with Crippen molar-refractivity contribution in [3.63, 3.8) is 0 Å². The van der Waals surface area contributed by atoms with Crippen LogP contribution in [0.4, 0.5) is 13.2 Å². The number of nitrogens with one attached hydrogen (secondary N) is 2. The van der Waals surface area contributed by atoms with E-state index in [1.807, 2.05) is 7.05 Å². The first-order valence-electron chi connectivity index (χ1n) is 7.68. The molecule has 1 fully saturated rings. The minimum absolute atomic E-state index is 0.0283. The summed E-state index contributed by atoms with van der Waals surface area (Å²) in [5.74, 6) is 0.0283. The van der Waals surface area contributed by atoms with Gasteiger partial charge in [0.25, 0.3) is 0 Å². The van der Waals surface area contributed by atoms with Crippen LogP contribution in [0.3, 0.4) is 0 Å². The zero-order valence-corrected chi connectivity index (χ0v) is 13.2. The molecule has 0 spiro atoms. The van der Waals surface area contributed by atoms with Crippen LogP contribution in [-0.2, 0) is 9.53 Å². The lowest BCUT2D eigenvalue weighted by Crippen LogP contribution is -2.42. The van der Waals surface area contributed by atoms with Crippen molar-refractivity contribution in [1.82, 2.24) is 15.5 Å². The second-order valence-electron chi connectivity index (χ2n) is 5.70. The molecule has 0 radical (unpaired) electrons. The Bertz CT molecular complexity index is 340. The second kappa shape index (κ2) is 9.32. The van der Waals surface area contributed by atoms with Crippen LogP contribution in [0.5, 0.6) is 0 Å². The van der Waals surface area contributed by atoms with Gasteiger partial charge in [0.15, 0.2) is 0 Å². The van der Waals surface area contributed by atoms with Crippen LogP contribution in [0.15, 0.2) is 0 Å². The lowest BCUT2D eigenvalue weighted by atomic mass is 10.1. The van der Waals surface area contributed by atoms with Gasteiger partial charge in [0.1, 0.15) is 0 Å². The van der Waals surface area contributed by atoms with Gasteiger partial charge in [-0.25, -0.2) is 0 Å². The van der Waals surface area contributed by atoms with E-state index in [4.69, 9.17) is 0 Å². The van der Waals surface area contributed by atoms with E-state index in [2.05, 4.69) is 20.3 Å². The van der Waals surface area contributed by atoms with Crippen molar-refractivity contribution in [2.45, 2.75) is 50.6 Å². The summed E-state index contributed by atoms with van der Waals surface area (Å²) in [7, 11) is 3.59. The van der Waals surface area contributed by atoms with Crippen LogP contribution in [0, 0.1) is 0 Å². The quantitative estimate of drug-likeness (QED) is 0.631. The zero-order chi connectivity index (χ0) is 16.6. The molecule has 130 valence electrons. The van der Waals surface area contributed by atoms with Crippen LogP contribution in [0.2, 0.25) is 0 Å². The third-order valence-corrected chi connectivity index (χ3v) is 3.86. The standard InChI is InChI=1S/C14H26F3N3O2/c1-18-13(21)12-6-5-11(19-12)7-9-20(2)8-3-4-10-22-14(15,16)17/h11-12,19H,3-10H2,1-2H3,(H,18,21). The Morgan fingerprint density at radius 1 is 1.32 bits per heavy atom. The molecule has 5 nitrogen and oxygen atoms in total. The fourth-order valence-electron chi connectivity index (χ4n) is 2.59. The maximum atomic E-state index is 11.8. The average Bonchev–Trinajstić information content (AvgIpc) is 2.91. The van der Waals surface area contributed by atoms with Crippen molar-refractivity contribution in [2.75, 3.05) is 33.8 Å². The molecule has 0 aromatic carbocycles. The van der Waals surface area contributed by atoms with E-state index in [1.165, 1.54) is 0 Å². The van der Waals surface area contributed by atoms with E-state index in [-0.39, 0.29) is 18.6 Å². The number of carbonyl (C=O) groups excluding carboxylic acids is 1. The molecule has 2 unspecified atom stereocenters. The van der Waals surface area contributed by atoms with E-state index >= 15 is 0 Å². The minimum atomic E-state index is -4.53. The predicted octanol–water partition coefficient (Wildman–Crippen LogP) is 1.49. The SMILES string of the molecule is CNC(=O)C1CCC(CCN(C)CCCCOC(F)(F)F)N1. The molecule has 8 heteroatoms. The summed E-state index contributed by atoms with van der Waals surface area (Å²) in [5, 5.41) is 5.95. The summed E-state index contributed by atoms with van der Waals surface area (Å²) in [4.78, 5) is 13.6. The van der Waals surface area contributed by atoms with Crippen LogP contribution in [-0.4, -0.2) is 63.0 Å². The van der Waals surface area contributed by atoms with Gasteiger partial charge in [0, 0.05) is 13.1 Å². The summed E-state index contributed by atoms with van der Waals surface area (Å²) < 4.78 is 39.1. The number of hydrogen-bond donors (Lipinski definition) is 2. The highest BCUT2D eigenvalue weighted by atomic mass is 19.4. The van der Waals surface area contributed by atoms with Gasteiger partial charge in [0.2, 0.25) is 5.91 Å². The number of nitrogens with zero attached hydrogens (tertiary/aromatic N) is 1. The normalized spacial score (nSPS) is 22.3. The molecule has 0 aliphatic carbocycles. The summed E-state index contributed by atoms with van der Waals surface area (Å²) >= 11 is 0. The lowest BCUT2D eigenvalue weighted by Gasteiger charge is -2.19. The Hall–Kier alpha value is -0.860. The van der Waals surface area contributed by atoms with E-state index in [0.29, 0.717) is 18.9 Å². The Morgan fingerprint density at radius 2 is 2.05 bits per heavy atom. The summed E-state index contributed by atoms with van der Waals surface area (Å²) in [6, 6.07) is 0.234. The molecule has 0 aromatic heterocycles. The van der Waals surface area contributed by atoms with Crippen molar-refractivity contribution in [2.24, 2.45) is 0 Å². The van der Waals surface area contributed by atoms with Gasteiger partial charge < -0.3 is 15.5 Å². The zero-order valence-electron chi connectivity index (χ0n) is 13.2. The first-order valence-corrected chi connectivity index (χ1v) is 7.68. The first kappa shape index (κ1) is 19.2. The molecule has 1 aliphatic heterocycles. The number of halogens is 3. The highest BCUT2D eigenvalue weighted by Crippen LogP contribution is 2.17. The van der Waals surface area contributed by atoms with Gasteiger partial charge in [-0.1, -0.05) is 0 Å². The third kappa shape index (κ3) is 7.95. The Kier molecular flexibility index (Phi) is 8.13. The molecule has 1 heterocycles. The van der Waals surface area contributed by atoms with Gasteiger partial charge >= 0.3 is 6.36 Å². The molecule has 1 saturated heterocycles. The number of ether oxygens (including phenoxy) is 1. The second-order valence-corrected chi connectivity index (χ2v) is 5.70. The van der Waals surface area contributed by atoms with Crippen LogP contribution >= 0.6 is 0 Å². The number of carbonyl (C=O) groups is 1. The van der Waals surface area contributed by atoms with Crippen LogP contribution in [0.25, 0.3) is 0 Å². The third-order valence-electron chi connectivity index (χ3n) is 3.86. The van der Waals surface area contributed by atoms with E-state index in [1.54, 1.807) is 7.05 Å².